The van der Waals surface area contributed by atoms with Gasteiger partial charge in [0.15, 0.2) is 5.78 Å². The molecule has 0 unspecified atom stereocenters. The third-order valence-corrected chi connectivity index (χ3v) is 6.56. The van der Waals surface area contributed by atoms with Crippen molar-refractivity contribution >= 4 is 23.1 Å². The highest BCUT2D eigenvalue weighted by atomic mass is 35.5. The van der Waals surface area contributed by atoms with Crippen LogP contribution < -0.4 is 10.1 Å². The number of ether oxygens (including phenoxy) is 1. The molecule has 1 N–H and O–H groups in total. The van der Waals surface area contributed by atoms with Gasteiger partial charge >= 0.3 is 0 Å². The van der Waals surface area contributed by atoms with E-state index < -0.39 is 11.0 Å². The van der Waals surface area contributed by atoms with E-state index in [2.05, 4.69) is 23.5 Å². The lowest BCUT2D eigenvalue weighted by Gasteiger charge is -2.45. The second-order valence-electron chi connectivity index (χ2n) is 9.20. The van der Waals surface area contributed by atoms with E-state index in [1.54, 1.807) is 0 Å². The molecule has 0 fully saturated rings. The van der Waals surface area contributed by atoms with E-state index in [0.717, 1.165) is 39.3 Å². The fraction of sp³-hybridized carbons (Fsp3) is 0.269. The Balaban J connectivity index is 1.84. The Labute approximate surface area is 182 Å². The summed E-state index contributed by atoms with van der Waals surface area (Å²) in [6, 6.07) is 20.1. The molecule has 2 aliphatic rings. The van der Waals surface area contributed by atoms with E-state index in [1.807, 2.05) is 70.2 Å². The van der Waals surface area contributed by atoms with Crippen LogP contribution in [0.5, 0.6) is 5.75 Å². The first-order valence-corrected chi connectivity index (χ1v) is 10.6. The predicted molar refractivity (Wildman–Crippen MR) is 122 cm³/mol. The maximum Gasteiger partial charge on any atom is 0.167 e. The average molecular weight is 418 g/mol. The molecule has 0 saturated heterocycles. The van der Waals surface area contributed by atoms with Gasteiger partial charge in [0.2, 0.25) is 0 Å². The minimum atomic E-state index is -0.657. The number of rotatable bonds is 1. The first-order chi connectivity index (χ1) is 14.2. The van der Waals surface area contributed by atoms with E-state index in [9.17, 15) is 4.79 Å². The molecule has 0 amide bonds. The molecule has 0 spiro atoms. The molecule has 0 saturated carbocycles. The zero-order valence-corrected chi connectivity index (χ0v) is 18.3. The predicted octanol–water partition coefficient (Wildman–Crippen LogP) is 6.54. The number of nitrogens with one attached hydrogen (secondary N) is 1. The standard InChI is InChI=1S/C26H24ClNO2/c1-25(2)22-19(28-26(3,4)24(25)29)14-13-18-17-7-5-6-8-20(17)30-23(21(18)22)15-9-11-16(27)12-10-15/h5-14,23,28H,1-4H3/t23-/m1/s1. The fourth-order valence-corrected chi connectivity index (χ4v) is 5.17. The molecule has 30 heavy (non-hydrogen) atoms. The fourth-order valence-electron chi connectivity index (χ4n) is 5.04. The van der Waals surface area contributed by atoms with Crippen LogP contribution in [-0.2, 0) is 10.2 Å². The van der Waals surface area contributed by atoms with E-state index in [4.69, 9.17) is 16.3 Å². The maximum atomic E-state index is 13.4. The highest BCUT2D eigenvalue weighted by molar-refractivity contribution is 6.30. The summed E-state index contributed by atoms with van der Waals surface area (Å²) >= 11 is 6.15. The summed E-state index contributed by atoms with van der Waals surface area (Å²) in [7, 11) is 0. The first-order valence-electron chi connectivity index (χ1n) is 10.2. The summed E-state index contributed by atoms with van der Waals surface area (Å²) < 4.78 is 6.55. The molecule has 2 aliphatic heterocycles. The maximum absolute atomic E-state index is 13.4. The Morgan fingerprint density at radius 2 is 1.60 bits per heavy atom. The molecular weight excluding hydrogens is 394 g/mol. The third-order valence-electron chi connectivity index (χ3n) is 6.31. The molecular formula is C26H24ClNO2. The number of ketones is 1. The van der Waals surface area contributed by atoms with Gasteiger partial charge in [0.1, 0.15) is 11.9 Å². The minimum absolute atomic E-state index is 0.171. The number of fused-ring (bicyclic) bond motifs is 5. The molecule has 3 nitrogen and oxygen atoms in total. The van der Waals surface area contributed by atoms with Crippen molar-refractivity contribution in [2.45, 2.75) is 44.8 Å². The van der Waals surface area contributed by atoms with Crippen molar-refractivity contribution in [3.8, 4) is 16.9 Å². The average Bonchev–Trinajstić information content (AvgIpc) is 2.71. The number of hydrogen-bond acceptors (Lipinski definition) is 3. The first kappa shape index (κ1) is 19.2. The Morgan fingerprint density at radius 3 is 2.33 bits per heavy atom. The summed E-state index contributed by atoms with van der Waals surface area (Å²) in [5.74, 6) is 1.02. The summed E-state index contributed by atoms with van der Waals surface area (Å²) in [5.41, 5.74) is 4.94. The van der Waals surface area contributed by atoms with Crippen LogP contribution in [-0.4, -0.2) is 11.3 Å². The van der Waals surface area contributed by atoms with Crippen molar-refractivity contribution in [3.63, 3.8) is 0 Å². The van der Waals surface area contributed by atoms with Crippen LogP contribution in [0.25, 0.3) is 11.1 Å². The molecule has 3 aromatic carbocycles. The van der Waals surface area contributed by atoms with Crippen LogP contribution >= 0.6 is 11.6 Å². The number of benzene rings is 3. The summed E-state index contributed by atoms with van der Waals surface area (Å²) in [5, 5.41) is 4.16. The third kappa shape index (κ3) is 2.69. The number of hydrogen-bond donors (Lipinski definition) is 1. The molecule has 0 bridgehead atoms. The molecule has 3 aromatic rings. The normalized spacial score (nSPS) is 20.3. The van der Waals surface area contributed by atoms with Crippen LogP contribution in [0.4, 0.5) is 5.69 Å². The van der Waals surface area contributed by atoms with E-state index in [-0.39, 0.29) is 11.9 Å². The molecule has 5 rings (SSSR count). The smallest absolute Gasteiger partial charge is 0.167 e. The van der Waals surface area contributed by atoms with Crippen molar-refractivity contribution in [1.82, 2.24) is 0 Å². The second-order valence-corrected chi connectivity index (χ2v) is 9.64. The van der Waals surface area contributed by atoms with Gasteiger partial charge in [-0.2, -0.15) is 0 Å². The number of Topliss-reactive ketones (excluding diaryl/α,β-unsaturated/α-hetero) is 1. The van der Waals surface area contributed by atoms with Crippen LogP contribution in [0.2, 0.25) is 5.02 Å². The van der Waals surface area contributed by atoms with Gasteiger partial charge in [0.25, 0.3) is 0 Å². The summed E-state index contributed by atoms with van der Waals surface area (Å²) in [6.07, 6.45) is -0.322. The van der Waals surface area contributed by atoms with Gasteiger partial charge in [-0.3, -0.25) is 4.79 Å². The lowest BCUT2D eigenvalue weighted by molar-refractivity contribution is -0.127. The van der Waals surface area contributed by atoms with Gasteiger partial charge in [-0.1, -0.05) is 48.0 Å². The minimum Gasteiger partial charge on any atom is -0.480 e. The quantitative estimate of drug-likeness (QED) is 0.488. The number of carbonyl (C=O) groups excluding carboxylic acids is 1. The van der Waals surface area contributed by atoms with Crippen LogP contribution in [0.15, 0.2) is 60.7 Å². The zero-order chi connectivity index (χ0) is 21.3. The highest BCUT2D eigenvalue weighted by Crippen LogP contribution is 2.52. The number of halogens is 1. The van der Waals surface area contributed by atoms with Gasteiger partial charge in [-0.25, -0.2) is 0 Å². The molecule has 1 atom stereocenters. The molecule has 0 aliphatic carbocycles. The summed E-state index contributed by atoms with van der Waals surface area (Å²) in [6.45, 7) is 7.94. The van der Waals surface area contributed by atoms with E-state index in [0.29, 0.717) is 5.02 Å². The Hall–Kier alpha value is -2.78. The number of carbonyl (C=O) groups is 1. The SMILES string of the molecule is CC1(C)Nc2ccc3c(c2C(C)(C)C1=O)[C@@H](c1ccc(Cl)cc1)Oc1ccccc1-3. The van der Waals surface area contributed by atoms with Crippen molar-refractivity contribution in [2.24, 2.45) is 0 Å². The van der Waals surface area contributed by atoms with Crippen LogP contribution in [0.1, 0.15) is 50.5 Å². The van der Waals surface area contributed by atoms with Crippen molar-refractivity contribution in [2.75, 3.05) is 5.32 Å². The van der Waals surface area contributed by atoms with Crippen molar-refractivity contribution in [1.29, 1.82) is 0 Å². The van der Waals surface area contributed by atoms with Gasteiger partial charge in [-0.15, -0.1) is 0 Å². The van der Waals surface area contributed by atoms with Crippen molar-refractivity contribution < 1.29 is 9.53 Å². The number of anilines is 1. The summed E-state index contributed by atoms with van der Waals surface area (Å²) in [4.78, 5) is 13.4. The Kier molecular flexibility index (Phi) is 4.07. The molecule has 2 heterocycles. The number of para-hydroxylation sites is 1. The zero-order valence-electron chi connectivity index (χ0n) is 17.5. The van der Waals surface area contributed by atoms with Gasteiger partial charge in [0, 0.05) is 21.8 Å². The van der Waals surface area contributed by atoms with Crippen molar-refractivity contribution in [3.05, 3.63) is 82.4 Å². The second kappa shape index (κ2) is 6.36. The molecule has 4 heteroatoms. The van der Waals surface area contributed by atoms with E-state index in [1.165, 1.54) is 0 Å². The van der Waals surface area contributed by atoms with Crippen LogP contribution in [0, 0.1) is 0 Å². The lowest BCUT2D eigenvalue weighted by Crippen LogP contribution is -2.54. The monoisotopic (exact) mass is 417 g/mol. The lowest BCUT2D eigenvalue weighted by atomic mass is 9.66. The Morgan fingerprint density at radius 1 is 0.900 bits per heavy atom. The highest BCUT2D eigenvalue weighted by Gasteiger charge is 2.49. The topological polar surface area (TPSA) is 38.3 Å². The Bertz CT molecular complexity index is 1180. The van der Waals surface area contributed by atoms with Crippen LogP contribution in [0.3, 0.4) is 0 Å². The van der Waals surface area contributed by atoms with E-state index >= 15 is 0 Å². The van der Waals surface area contributed by atoms with Gasteiger partial charge in [0.05, 0.1) is 11.0 Å². The largest absolute Gasteiger partial charge is 0.480 e. The molecule has 152 valence electrons. The molecule has 0 aromatic heterocycles. The van der Waals surface area contributed by atoms with Gasteiger partial charge < -0.3 is 10.1 Å². The van der Waals surface area contributed by atoms with Gasteiger partial charge in [-0.05, 0) is 68.7 Å². The molecule has 0 radical (unpaired) electrons.